The van der Waals surface area contributed by atoms with Crippen LogP contribution in [0.25, 0.3) is 0 Å². The van der Waals surface area contributed by atoms with Gasteiger partial charge in [-0.05, 0) is 30.2 Å². The van der Waals surface area contributed by atoms with Crippen molar-refractivity contribution in [2.45, 2.75) is 80.6 Å². The van der Waals surface area contributed by atoms with Crippen molar-refractivity contribution in [1.29, 1.82) is 0 Å². The Hall–Kier alpha value is -1.04. The van der Waals surface area contributed by atoms with Gasteiger partial charge in [-0.2, -0.15) is 0 Å². The van der Waals surface area contributed by atoms with Crippen LogP contribution in [-0.4, -0.2) is 0 Å². The second-order valence-corrected chi connectivity index (χ2v) is 6.60. The van der Waals surface area contributed by atoms with E-state index in [4.69, 9.17) is 0 Å². The molecule has 0 heterocycles. The van der Waals surface area contributed by atoms with Crippen molar-refractivity contribution in [3.63, 3.8) is 0 Å². The van der Waals surface area contributed by atoms with Gasteiger partial charge in [-0.25, -0.2) is 0 Å². The molecule has 0 saturated heterocycles. The Morgan fingerprint density at radius 2 is 1.38 bits per heavy atom. The number of unbranched alkanes of at least 4 members (excludes halogenated alkanes) is 1. The summed E-state index contributed by atoms with van der Waals surface area (Å²) in [5.74, 6) is 0. The minimum atomic E-state index is 0.404. The van der Waals surface area contributed by atoms with Crippen molar-refractivity contribution >= 4 is 0 Å². The molecule has 0 unspecified atom stereocenters. The second kappa shape index (κ2) is 15.4. The van der Waals surface area contributed by atoms with E-state index >= 15 is 0 Å². The summed E-state index contributed by atoms with van der Waals surface area (Å²) < 4.78 is 0. The standard InChI is InChI=1S/C11H16.C7H14.C3H8/c1-11(2,3)9-10-7-5-4-6-8-10;1-3-5-7-6-4-2;1-3-2/h4-8H,9H2,1-3H3;5,7H,3-4,6H2,1-2H3;3H2,1-2H3. The predicted octanol–water partition coefficient (Wildman–Crippen LogP) is 7.44. The Kier molecular flexibility index (Phi) is 16.3. The molecule has 0 amide bonds. The maximum atomic E-state index is 2.26. The molecule has 0 N–H and O–H groups in total. The van der Waals surface area contributed by atoms with Gasteiger partial charge in [0.1, 0.15) is 0 Å². The number of hydrogen-bond acceptors (Lipinski definition) is 0. The first-order chi connectivity index (χ1) is 9.91. The van der Waals surface area contributed by atoms with Gasteiger partial charge in [0.05, 0.1) is 0 Å². The zero-order chi connectivity index (χ0) is 16.6. The van der Waals surface area contributed by atoms with Crippen LogP contribution in [0.4, 0.5) is 0 Å². The average molecular weight is 291 g/mol. The zero-order valence-corrected chi connectivity index (χ0v) is 15.6. The molecule has 0 aliphatic rings. The lowest BCUT2D eigenvalue weighted by Gasteiger charge is -2.17. The zero-order valence-electron chi connectivity index (χ0n) is 15.6. The number of allylic oxidation sites excluding steroid dienone is 2. The summed E-state index contributed by atoms with van der Waals surface area (Å²) in [6.07, 6.45) is 10.6. The molecule has 0 atom stereocenters. The van der Waals surface area contributed by atoms with Crippen molar-refractivity contribution < 1.29 is 0 Å². The third-order valence-corrected chi connectivity index (χ3v) is 2.43. The lowest BCUT2D eigenvalue weighted by molar-refractivity contribution is 0.411. The summed E-state index contributed by atoms with van der Waals surface area (Å²) in [6.45, 7) is 15.4. The third kappa shape index (κ3) is 21.4. The maximum absolute atomic E-state index is 2.26. The normalized spacial score (nSPS) is 10.4. The van der Waals surface area contributed by atoms with Crippen molar-refractivity contribution in [2.24, 2.45) is 5.41 Å². The molecule has 0 saturated carbocycles. The molecule has 1 rings (SSSR count). The summed E-state index contributed by atoms with van der Waals surface area (Å²) in [6, 6.07) is 10.6. The van der Waals surface area contributed by atoms with Crippen LogP contribution >= 0.6 is 0 Å². The summed E-state index contributed by atoms with van der Waals surface area (Å²) >= 11 is 0. The van der Waals surface area contributed by atoms with Gasteiger partial charge in [0.15, 0.2) is 0 Å². The van der Waals surface area contributed by atoms with Crippen molar-refractivity contribution in [3.05, 3.63) is 48.0 Å². The van der Waals surface area contributed by atoms with Gasteiger partial charge in [0.2, 0.25) is 0 Å². The van der Waals surface area contributed by atoms with Gasteiger partial charge in [-0.1, -0.05) is 104 Å². The molecule has 122 valence electrons. The third-order valence-electron chi connectivity index (χ3n) is 2.43. The Bertz CT molecular complexity index is 314. The van der Waals surface area contributed by atoms with Crippen LogP contribution in [-0.2, 0) is 6.42 Å². The van der Waals surface area contributed by atoms with E-state index in [2.05, 4.69) is 91.0 Å². The van der Waals surface area contributed by atoms with Gasteiger partial charge in [-0.3, -0.25) is 0 Å². The van der Waals surface area contributed by atoms with E-state index in [1.165, 1.54) is 31.2 Å². The topological polar surface area (TPSA) is 0 Å². The first kappa shape index (κ1) is 22.2. The van der Waals surface area contributed by atoms with Crippen LogP contribution in [0.15, 0.2) is 42.5 Å². The highest BCUT2D eigenvalue weighted by Crippen LogP contribution is 2.19. The molecule has 1 aromatic carbocycles. The molecule has 0 spiro atoms. The quantitative estimate of drug-likeness (QED) is 0.505. The predicted molar refractivity (Wildman–Crippen MR) is 99.9 cm³/mol. The van der Waals surface area contributed by atoms with E-state index in [0.717, 1.165) is 6.42 Å². The van der Waals surface area contributed by atoms with E-state index in [0.29, 0.717) is 5.41 Å². The Labute approximate surface area is 134 Å². The Morgan fingerprint density at radius 3 is 1.76 bits per heavy atom. The van der Waals surface area contributed by atoms with E-state index in [9.17, 15) is 0 Å². The van der Waals surface area contributed by atoms with Crippen LogP contribution in [0.3, 0.4) is 0 Å². The van der Waals surface area contributed by atoms with Crippen LogP contribution in [0, 0.1) is 5.41 Å². The smallest absolute Gasteiger partial charge is 0.0230 e. The number of benzene rings is 1. The van der Waals surface area contributed by atoms with E-state index in [-0.39, 0.29) is 0 Å². The monoisotopic (exact) mass is 290 g/mol. The highest BCUT2D eigenvalue weighted by molar-refractivity contribution is 5.15. The van der Waals surface area contributed by atoms with Crippen LogP contribution in [0.1, 0.15) is 79.7 Å². The first-order valence-corrected chi connectivity index (χ1v) is 8.60. The molecule has 0 fully saturated rings. The average Bonchev–Trinajstić information content (AvgIpc) is 2.40. The van der Waals surface area contributed by atoms with Gasteiger partial charge in [0, 0.05) is 0 Å². The highest BCUT2D eigenvalue weighted by Gasteiger charge is 2.09. The summed E-state index contributed by atoms with van der Waals surface area (Å²) in [5, 5.41) is 0. The maximum Gasteiger partial charge on any atom is -0.0230 e. The van der Waals surface area contributed by atoms with Crippen molar-refractivity contribution in [2.75, 3.05) is 0 Å². The van der Waals surface area contributed by atoms with E-state index < -0.39 is 0 Å². The Morgan fingerprint density at radius 1 is 0.857 bits per heavy atom. The molecular weight excluding hydrogens is 252 g/mol. The summed E-state index contributed by atoms with van der Waals surface area (Å²) in [7, 11) is 0. The summed E-state index contributed by atoms with van der Waals surface area (Å²) in [4.78, 5) is 0. The molecule has 21 heavy (non-hydrogen) atoms. The molecular formula is C21H38. The lowest BCUT2D eigenvalue weighted by Crippen LogP contribution is -2.08. The van der Waals surface area contributed by atoms with E-state index in [1.54, 1.807) is 0 Å². The fraction of sp³-hybridized carbons (Fsp3) is 0.619. The van der Waals surface area contributed by atoms with Crippen LogP contribution < -0.4 is 0 Å². The highest BCUT2D eigenvalue weighted by atomic mass is 14.1. The van der Waals surface area contributed by atoms with Gasteiger partial charge >= 0.3 is 0 Å². The minimum absolute atomic E-state index is 0.404. The molecule has 0 radical (unpaired) electrons. The SMILES string of the molecule is CC(C)(C)Cc1ccccc1.CCC.CCC=CCCC. The van der Waals surface area contributed by atoms with Crippen LogP contribution in [0.2, 0.25) is 0 Å². The minimum Gasteiger partial charge on any atom is -0.0888 e. The molecule has 0 aliphatic carbocycles. The van der Waals surface area contributed by atoms with Gasteiger partial charge in [0.25, 0.3) is 0 Å². The lowest BCUT2D eigenvalue weighted by atomic mass is 9.88. The fourth-order valence-electron chi connectivity index (χ4n) is 1.66. The van der Waals surface area contributed by atoms with Gasteiger partial charge in [-0.15, -0.1) is 0 Å². The van der Waals surface area contributed by atoms with Crippen LogP contribution in [0.5, 0.6) is 0 Å². The molecule has 0 nitrogen and oxygen atoms in total. The molecule has 0 aromatic heterocycles. The molecule has 1 aromatic rings. The number of hydrogen-bond donors (Lipinski definition) is 0. The molecule has 0 aliphatic heterocycles. The summed E-state index contributed by atoms with van der Waals surface area (Å²) in [5.41, 5.74) is 1.83. The fourth-order valence-corrected chi connectivity index (χ4v) is 1.66. The largest absolute Gasteiger partial charge is 0.0888 e. The van der Waals surface area contributed by atoms with Gasteiger partial charge < -0.3 is 0 Å². The van der Waals surface area contributed by atoms with Crippen molar-refractivity contribution in [3.8, 4) is 0 Å². The molecule has 0 bridgehead atoms. The first-order valence-electron chi connectivity index (χ1n) is 8.60. The number of rotatable bonds is 4. The van der Waals surface area contributed by atoms with Crippen molar-refractivity contribution in [1.82, 2.24) is 0 Å². The van der Waals surface area contributed by atoms with E-state index in [1.807, 2.05) is 0 Å². The Balaban J connectivity index is 0. The molecule has 0 heteroatoms. The second-order valence-electron chi connectivity index (χ2n) is 6.60.